The summed E-state index contributed by atoms with van der Waals surface area (Å²) in [6.07, 6.45) is -0.715. The molecule has 1 aliphatic carbocycles. The van der Waals surface area contributed by atoms with Gasteiger partial charge in [-0.1, -0.05) is 12.5 Å². The molecule has 28 heavy (non-hydrogen) atoms. The summed E-state index contributed by atoms with van der Waals surface area (Å²) in [4.78, 5) is 26.3. The Morgan fingerprint density at radius 3 is 2.82 bits per heavy atom. The van der Waals surface area contributed by atoms with Crippen LogP contribution in [0.4, 0.5) is 19.0 Å². The summed E-state index contributed by atoms with van der Waals surface area (Å²) >= 11 is 0. The average Bonchev–Trinajstić information content (AvgIpc) is 3.25. The fraction of sp³-hybridized carbons (Fsp3) is 0.474. The Bertz CT molecular complexity index is 890. The molecular weight excluding hydrogens is 373 g/mol. The number of anilines is 1. The van der Waals surface area contributed by atoms with E-state index in [-0.39, 0.29) is 29.2 Å². The number of esters is 1. The molecule has 9 heteroatoms. The molecule has 2 aromatic rings. The molecule has 2 fully saturated rings. The first kappa shape index (κ1) is 18.6. The van der Waals surface area contributed by atoms with Crippen LogP contribution in [-0.4, -0.2) is 41.1 Å². The van der Waals surface area contributed by atoms with Crippen LogP contribution in [0.25, 0.3) is 11.5 Å². The Hall–Kier alpha value is -2.71. The molecular formula is C19H19F3N4O2. The lowest BCUT2D eigenvalue weighted by Gasteiger charge is -2.25. The first-order valence-corrected chi connectivity index (χ1v) is 9.04. The first-order valence-electron chi connectivity index (χ1n) is 9.04. The zero-order valence-corrected chi connectivity index (χ0v) is 15.2. The van der Waals surface area contributed by atoms with E-state index in [1.165, 1.54) is 13.3 Å². The Morgan fingerprint density at radius 2 is 2.14 bits per heavy atom. The van der Waals surface area contributed by atoms with Gasteiger partial charge in [0, 0.05) is 25.4 Å². The summed E-state index contributed by atoms with van der Waals surface area (Å²) in [6.45, 7) is 0.755. The monoisotopic (exact) mass is 392 g/mol. The van der Waals surface area contributed by atoms with Crippen LogP contribution in [0.2, 0.25) is 0 Å². The summed E-state index contributed by atoms with van der Waals surface area (Å²) in [5.41, 5.74) is -1.44. The SMILES string of the molecule is COC(=O)C12CCCC1CN(c1cc(C(F)(F)F)nc(-c3ccccn3)n1)C2. The van der Waals surface area contributed by atoms with E-state index < -0.39 is 17.3 Å². The van der Waals surface area contributed by atoms with E-state index in [1.807, 2.05) is 0 Å². The maximum atomic E-state index is 13.4. The van der Waals surface area contributed by atoms with Gasteiger partial charge in [0.05, 0.1) is 12.5 Å². The third-order valence-corrected chi connectivity index (χ3v) is 5.68. The van der Waals surface area contributed by atoms with E-state index in [9.17, 15) is 18.0 Å². The Morgan fingerprint density at radius 1 is 1.32 bits per heavy atom. The number of alkyl halides is 3. The van der Waals surface area contributed by atoms with Crippen LogP contribution in [0.1, 0.15) is 25.0 Å². The van der Waals surface area contributed by atoms with Crippen molar-refractivity contribution in [3.8, 4) is 11.5 Å². The van der Waals surface area contributed by atoms with Gasteiger partial charge in [0.15, 0.2) is 11.5 Å². The number of pyridine rings is 1. The molecule has 1 saturated carbocycles. The van der Waals surface area contributed by atoms with Crippen LogP contribution >= 0.6 is 0 Å². The molecule has 0 spiro atoms. The van der Waals surface area contributed by atoms with Gasteiger partial charge < -0.3 is 9.64 Å². The minimum atomic E-state index is -4.61. The highest BCUT2D eigenvalue weighted by Crippen LogP contribution is 2.50. The topological polar surface area (TPSA) is 68.2 Å². The molecule has 0 aromatic carbocycles. The largest absolute Gasteiger partial charge is 0.469 e. The van der Waals surface area contributed by atoms with Crippen molar-refractivity contribution < 1.29 is 22.7 Å². The number of carbonyl (C=O) groups is 1. The van der Waals surface area contributed by atoms with Gasteiger partial charge in [0.25, 0.3) is 0 Å². The number of halogens is 3. The zero-order chi connectivity index (χ0) is 19.9. The van der Waals surface area contributed by atoms with Gasteiger partial charge in [-0.3, -0.25) is 9.78 Å². The second-order valence-corrected chi connectivity index (χ2v) is 7.27. The lowest BCUT2D eigenvalue weighted by atomic mass is 9.81. The number of rotatable bonds is 3. The molecule has 0 bridgehead atoms. The summed E-state index contributed by atoms with van der Waals surface area (Å²) in [5.74, 6) is -0.189. The van der Waals surface area contributed by atoms with E-state index in [1.54, 1.807) is 23.1 Å². The van der Waals surface area contributed by atoms with Gasteiger partial charge in [-0.05, 0) is 30.9 Å². The smallest absolute Gasteiger partial charge is 0.433 e. The Kier molecular flexibility index (Phi) is 4.47. The lowest BCUT2D eigenvalue weighted by Crippen LogP contribution is -2.37. The van der Waals surface area contributed by atoms with Crippen LogP contribution in [0, 0.1) is 11.3 Å². The number of ether oxygens (including phenoxy) is 1. The van der Waals surface area contributed by atoms with Gasteiger partial charge in [0.1, 0.15) is 11.5 Å². The van der Waals surface area contributed by atoms with Crippen molar-refractivity contribution in [3.63, 3.8) is 0 Å². The maximum Gasteiger partial charge on any atom is 0.433 e. The molecule has 3 heterocycles. The lowest BCUT2D eigenvalue weighted by molar-refractivity contribution is -0.153. The highest BCUT2D eigenvalue weighted by molar-refractivity contribution is 5.79. The number of fused-ring (bicyclic) bond motifs is 1. The fourth-order valence-corrected chi connectivity index (χ4v) is 4.35. The predicted molar refractivity (Wildman–Crippen MR) is 94.3 cm³/mol. The summed E-state index contributed by atoms with van der Waals surface area (Å²) in [7, 11) is 1.35. The first-order chi connectivity index (χ1) is 13.3. The molecule has 2 aliphatic rings. The van der Waals surface area contributed by atoms with Crippen molar-refractivity contribution in [2.24, 2.45) is 11.3 Å². The van der Waals surface area contributed by atoms with Crippen LogP contribution < -0.4 is 4.90 Å². The number of aromatic nitrogens is 3. The van der Waals surface area contributed by atoms with Crippen LogP contribution in [-0.2, 0) is 15.7 Å². The van der Waals surface area contributed by atoms with Gasteiger partial charge in [-0.25, -0.2) is 9.97 Å². The fourth-order valence-electron chi connectivity index (χ4n) is 4.35. The summed E-state index contributed by atoms with van der Waals surface area (Å²) in [6, 6.07) is 5.84. The highest BCUT2D eigenvalue weighted by Gasteiger charge is 2.56. The van der Waals surface area contributed by atoms with Crippen molar-refractivity contribution in [1.82, 2.24) is 15.0 Å². The Balaban J connectivity index is 1.75. The second kappa shape index (κ2) is 6.72. The molecule has 148 valence electrons. The Labute approximate surface area is 159 Å². The van der Waals surface area contributed by atoms with E-state index in [4.69, 9.17) is 4.74 Å². The molecule has 2 unspecified atom stereocenters. The summed E-state index contributed by atoms with van der Waals surface area (Å²) in [5, 5.41) is 0. The number of hydrogen-bond donors (Lipinski definition) is 0. The standard InChI is InChI=1S/C19H19F3N4O2/c1-28-17(27)18-7-4-5-12(18)10-26(11-18)15-9-14(19(20,21)22)24-16(25-15)13-6-2-3-8-23-13/h2-3,6,8-9,12H,4-5,7,10-11H2,1H3. The van der Waals surface area contributed by atoms with Crippen LogP contribution in [0.15, 0.2) is 30.5 Å². The second-order valence-electron chi connectivity index (χ2n) is 7.27. The van der Waals surface area contributed by atoms with Crippen molar-refractivity contribution in [1.29, 1.82) is 0 Å². The average molecular weight is 392 g/mol. The van der Waals surface area contributed by atoms with E-state index >= 15 is 0 Å². The molecule has 6 nitrogen and oxygen atoms in total. The number of nitrogens with zero attached hydrogens (tertiary/aromatic N) is 4. The van der Waals surface area contributed by atoms with Gasteiger partial charge in [0.2, 0.25) is 0 Å². The molecule has 4 rings (SSSR count). The molecule has 0 radical (unpaired) electrons. The van der Waals surface area contributed by atoms with E-state index in [2.05, 4.69) is 15.0 Å². The third-order valence-electron chi connectivity index (χ3n) is 5.68. The third kappa shape index (κ3) is 3.08. The maximum absolute atomic E-state index is 13.4. The molecule has 0 N–H and O–H groups in total. The van der Waals surface area contributed by atoms with Gasteiger partial charge >= 0.3 is 12.1 Å². The quantitative estimate of drug-likeness (QED) is 0.747. The van der Waals surface area contributed by atoms with Crippen LogP contribution in [0.3, 0.4) is 0 Å². The van der Waals surface area contributed by atoms with Crippen molar-refractivity contribution in [2.75, 3.05) is 25.1 Å². The minimum absolute atomic E-state index is 0.0440. The molecule has 2 atom stereocenters. The number of methoxy groups -OCH3 is 1. The molecule has 1 aliphatic heterocycles. The highest BCUT2D eigenvalue weighted by atomic mass is 19.4. The normalized spacial score (nSPS) is 24.3. The predicted octanol–water partition coefficient (Wildman–Crippen LogP) is 3.34. The van der Waals surface area contributed by atoms with E-state index in [0.717, 1.165) is 18.9 Å². The van der Waals surface area contributed by atoms with Gasteiger partial charge in [-0.2, -0.15) is 13.2 Å². The number of hydrogen-bond acceptors (Lipinski definition) is 6. The molecule has 2 aromatic heterocycles. The van der Waals surface area contributed by atoms with Gasteiger partial charge in [-0.15, -0.1) is 0 Å². The summed E-state index contributed by atoms with van der Waals surface area (Å²) < 4.78 is 45.3. The van der Waals surface area contributed by atoms with Crippen molar-refractivity contribution in [2.45, 2.75) is 25.4 Å². The number of carbonyl (C=O) groups excluding carboxylic acids is 1. The van der Waals surface area contributed by atoms with Crippen molar-refractivity contribution >= 4 is 11.8 Å². The minimum Gasteiger partial charge on any atom is -0.469 e. The van der Waals surface area contributed by atoms with E-state index in [0.29, 0.717) is 19.5 Å². The van der Waals surface area contributed by atoms with Crippen molar-refractivity contribution in [3.05, 3.63) is 36.2 Å². The molecule has 1 saturated heterocycles. The zero-order valence-electron chi connectivity index (χ0n) is 15.2. The molecule has 0 amide bonds. The van der Waals surface area contributed by atoms with Crippen LogP contribution in [0.5, 0.6) is 0 Å².